The van der Waals surface area contributed by atoms with E-state index in [0.29, 0.717) is 67.2 Å². The van der Waals surface area contributed by atoms with E-state index in [2.05, 4.69) is 38.4 Å². The van der Waals surface area contributed by atoms with Crippen LogP contribution in [0.3, 0.4) is 0 Å². The van der Waals surface area contributed by atoms with Crippen molar-refractivity contribution < 1.29 is 23.7 Å². The van der Waals surface area contributed by atoms with Gasteiger partial charge in [-0.25, -0.2) is 15.0 Å². The van der Waals surface area contributed by atoms with Crippen molar-refractivity contribution in [1.82, 2.24) is 14.3 Å². The Labute approximate surface area is 294 Å². The molecule has 4 heterocycles. The van der Waals surface area contributed by atoms with Crippen molar-refractivity contribution in [3.63, 3.8) is 0 Å². The van der Waals surface area contributed by atoms with E-state index < -0.39 is 0 Å². The van der Waals surface area contributed by atoms with Gasteiger partial charge in [0.2, 0.25) is 5.91 Å². The van der Waals surface area contributed by atoms with E-state index in [-0.39, 0.29) is 11.7 Å². The molecular weight excluding hydrogens is 669 g/mol. The number of carbonyl (C=O) groups is 1. The molecule has 2 aliphatic rings. The number of methoxy groups -OCH3 is 3. The SMILES string of the molecule is C=CC(=O)Nc1cc(/C(N=C)=N/c2c(C)cc(-c3c(Cl)c(OC)cc(OC)c3Cl)c3nccn23)c(OC)cc1N1CCN(C2COC2)CC1. The average Bonchev–Trinajstić information content (AvgIpc) is 3.58. The van der Waals surface area contributed by atoms with Crippen LogP contribution in [0, 0.1) is 6.92 Å². The van der Waals surface area contributed by atoms with Crippen molar-refractivity contribution in [3.8, 4) is 28.4 Å². The highest BCUT2D eigenvalue weighted by molar-refractivity contribution is 6.41. The number of amidine groups is 1. The van der Waals surface area contributed by atoms with Gasteiger partial charge in [0.1, 0.15) is 28.7 Å². The normalized spacial score (nSPS) is 15.6. The van der Waals surface area contributed by atoms with Crippen LogP contribution in [0.2, 0.25) is 10.0 Å². The fourth-order valence-corrected chi connectivity index (χ4v) is 6.86. The molecule has 12 nitrogen and oxygen atoms in total. The highest BCUT2D eigenvalue weighted by atomic mass is 35.5. The number of rotatable bonds is 10. The lowest BCUT2D eigenvalue weighted by Gasteiger charge is -2.43. The van der Waals surface area contributed by atoms with Gasteiger partial charge in [0, 0.05) is 61.8 Å². The number of imidazole rings is 1. The Balaban J connectivity index is 1.45. The number of benzene rings is 2. The summed E-state index contributed by atoms with van der Waals surface area (Å²) in [4.78, 5) is 31.2. The molecule has 0 bridgehead atoms. The summed E-state index contributed by atoms with van der Waals surface area (Å²) in [6.45, 7) is 14.2. The van der Waals surface area contributed by atoms with Crippen molar-refractivity contribution in [3.05, 3.63) is 70.5 Å². The molecule has 0 spiro atoms. The third kappa shape index (κ3) is 6.44. The van der Waals surface area contributed by atoms with E-state index in [1.165, 1.54) is 20.3 Å². The van der Waals surface area contributed by atoms with Crippen LogP contribution in [0.15, 0.2) is 59.3 Å². The molecule has 6 rings (SSSR count). The topological polar surface area (TPSA) is 115 Å². The number of hydrogen-bond donors (Lipinski definition) is 1. The first-order valence-corrected chi connectivity index (χ1v) is 16.3. The minimum atomic E-state index is -0.342. The molecule has 2 aliphatic heterocycles. The number of halogens is 2. The molecule has 0 unspecified atom stereocenters. The molecule has 4 aromatic rings. The molecule has 2 fully saturated rings. The Kier molecular flexibility index (Phi) is 10.1. The lowest BCUT2D eigenvalue weighted by atomic mass is 10.0. The van der Waals surface area contributed by atoms with Gasteiger partial charge in [-0.2, -0.15) is 0 Å². The number of pyridine rings is 1. The van der Waals surface area contributed by atoms with Crippen LogP contribution in [-0.2, 0) is 9.53 Å². The van der Waals surface area contributed by atoms with Crippen LogP contribution >= 0.6 is 23.2 Å². The monoisotopic (exact) mass is 705 g/mol. The third-order valence-corrected chi connectivity index (χ3v) is 9.57. The van der Waals surface area contributed by atoms with Crippen molar-refractivity contribution in [2.24, 2.45) is 9.98 Å². The molecule has 256 valence electrons. The number of anilines is 2. The first kappa shape index (κ1) is 34.3. The molecule has 2 aromatic heterocycles. The maximum absolute atomic E-state index is 12.6. The molecule has 0 atom stereocenters. The van der Waals surface area contributed by atoms with E-state index in [9.17, 15) is 4.79 Å². The molecule has 1 N–H and O–H groups in total. The van der Waals surface area contributed by atoms with E-state index in [1.807, 2.05) is 29.5 Å². The number of hydrogen-bond acceptors (Lipinski definition) is 9. The minimum Gasteiger partial charge on any atom is -0.496 e. The number of aromatic nitrogens is 2. The standard InChI is InChI=1S/C35H37Cl2N7O5/c1-7-29(45)40-24-15-22(26(46-4)16-25(24)43-12-10-42(11-13-43)21-18-49-19-21)33(38-3)41-34-20(2)14-23(35-39-8-9-44(34)35)30-31(36)27(47-5)17-28(48-6)32(30)37/h7-9,14-17,21H,1,3,10-13,18-19H2,2,4-6H3,(H,40,45)/b41-33-. The molecule has 1 amide bonds. The predicted octanol–water partition coefficient (Wildman–Crippen LogP) is 6.07. The van der Waals surface area contributed by atoms with Gasteiger partial charge in [0.05, 0.1) is 67.6 Å². The van der Waals surface area contributed by atoms with Crippen molar-refractivity contribution >= 4 is 64.5 Å². The van der Waals surface area contributed by atoms with Gasteiger partial charge in [0.25, 0.3) is 0 Å². The second-order valence-electron chi connectivity index (χ2n) is 11.5. The summed E-state index contributed by atoms with van der Waals surface area (Å²) >= 11 is 13.6. The second-order valence-corrected chi connectivity index (χ2v) is 12.3. The molecule has 0 radical (unpaired) electrons. The Morgan fingerprint density at radius 2 is 1.69 bits per heavy atom. The van der Waals surface area contributed by atoms with Gasteiger partial charge >= 0.3 is 0 Å². The summed E-state index contributed by atoms with van der Waals surface area (Å²) in [5.41, 5.74) is 4.41. The van der Waals surface area contributed by atoms with Crippen molar-refractivity contribution in [2.75, 3.05) is 70.9 Å². The lowest BCUT2D eigenvalue weighted by molar-refractivity contribution is -0.111. The van der Waals surface area contributed by atoms with Crippen LogP contribution in [0.25, 0.3) is 16.8 Å². The number of nitrogens with one attached hydrogen (secondary N) is 1. The maximum atomic E-state index is 12.6. The highest BCUT2D eigenvalue weighted by Crippen LogP contribution is 2.48. The summed E-state index contributed by atoms with van der Waals surface area (Å²) in [5.74, 6) is 1.81. The molecule has 0 saturated carbocycles. The zero-order valence-electron chi connectivity index (χ0n) is 27.8. The van der Waals surface area contributed by atoms with E-state index in [4.69, 9.17) is 47.1 Å². The first-order valence-electron chi connectivity index (χ1n) is 15.6. The Hall–Kier alpha value is -4.62. The van der Waals surface area contributed by atoms with Crippen LogP contribution in [-0.4, -0.2) is 99.5 Å². The number of carbonyl (C=O) groups excluding carboxylic acids is 1. The van der Waals surface area contributed by atoms with Gasteiger partial charge in [-0.05, 0) is 37.4 Å². The summed E-state index contributed by atoms with van der Waals surface area (Å²) in [5, 5.41) is 3.61. The maximum Gasteiger partial charge on any atom is 0.247 e. The number of amides is 1. The van der Waals surface area contributed by atoms with Crippen LogP contribution in [0.5, 0.6) is 17.2 Å². The number of nitrogens with zero attached hydrogens (tertiary/aromatic N) is 6. The van der Waals surface area contributed by atoms with Crippen LogP contribution in [0.4, 0.5) is 17.2 Å². The number of aryl methyl sites for hydroxylation is 1. The van der Waals surface area contributed by atoms with Gasteiger partial charge < -0.3 is 29.2 Å². The van der Waals surface area contributed by atoms with Crippen LogP contribution in [0.1, 0.15) is 11.1 Å². The molecule has 2 aromatic carbocycles. The molecule has 0 aliphatic carbocycles. The Morgan fingerprint density at radius 3 is 2.27 bits per heavy atom. The predicted molar refractivity (Wildman–Crippen MR) is 194 cm³/mol. The van der Waals surface area contributed by atoms with Gasteiger partial charge in [-0.3, -0.25) is 14.1 Å². The smallest absolute Gasteiger partial charge is 0.247 e. The molecular formula is C35H37Cl2N7O5. The Morgan fingerprint density at radius 1 is 1.02 bits per heavy atom. The quantitative estimate of drug-likeness (QED) is 0.120. The Bertz CT molecular complexity index is 1940. The van der Waals surface area contributed by atoms with E-state index in [0.717, 1.165) is 50.6 Å². The van der Waals surface area contributed by atoms with Gasteiger partial charge in [0.15, 0.2) is 5.84 Å². The second kappa shape index (κ2) is 14.5. The van der Waals surface area contributed by atoms with Crippen LogP contribution < -0.4 is 24.4 Å². The van der Waals surface area contributed by atoms with Gasteiger partial charge in [-0.15, -0.1) is 0 Å². The number of fused-ring (bicyclic) bond motifs is 1. The largest absolute Gasteiger partial charge is 0.496 e. The van der Waals surface area contributed by atoms with Gasteiger partial charge in [-0.1, -0.05) is 29.8 Å². The zero-order chi connectivity index (χ0) is 34.8. The molecule has 2 saturated heterocycles. The fourth-order valence-electron chi connectivity index (χ4n) is 6.16. The number of aliphatic imine (C=N–C) groups is 2. The van der Waals surface area contributed by atoms with E-state index >= 15 is 0 Å². The van der Waals surface area contributed by atoms with Crippen molar-refractivity contribution in [1.29, 1.82) is 0 Å². The third-order valence-electron chi connectivity index (χ3n) is 8.82. The summed E-state index contributed by atoms with van der Waals surface area (Å²) < 4.78 is 24.1. The summed E-state index contributed by atoms with van der Waals surface area (Å²) in [6, 6.07) is 7.72. The molecule has 14 heteroatoms. The minimum absolute atomic E-state index is 0.275. The molecule has 49 heavy (non-hydrogen) atoms. The average molecular weight is 707 g/mol. The van der Waals surface area contributed by atoms with E-state index in [1.54, 1.807) is 25.6 Å². The van der Waals surface area contributed by atoms with Crippen molar-refractivity contribution in [2.45, 2.75) is 13.0 Å². The zero-order valence-corrected chi connectivity index (χ0v) is 29.3. The fraction of sp³-hybridized carbons (Fsp3) is 0.314. The number of ether oxygens (including phenoxy) is 4. The highest BCUT2D eigenvalue weighted by Gasteiger charge is 2.30. The summed E-state index contributed by atoms with van der Waals surface area (Å²) in [7, 11) is 4.64. The summed E-state index contributed by atoms with van der Waals surface area (Å²) in [6.07, 6.45) is 4.68. The first-order chi connectivity index (χ1) is 23.7. The lowest BCUT2D eigenvalue weighted by Crippen LogP contribution is -2.56. The number of piperazine rings is 1.